The number of anilines is 1. The number of carbonyl (C=O) groups excluding carboxylic acids is 2. The molecule has 0 radical (unpaired) electrons. The first-order valence-electron chi connectivity index (χ1n) is 6.45. The van der Waals surface area contributed by atoms with E-state index in [1.54, 1.807) is 12.1 Å². The van der Waals surface area contributed by atoms with Gasteiger partial charge in [-0.1, -0.05) is 0 Å². The second-order valence-corrected chi connectivity index (χ2v) is 5.82. The van der Waals surface area contributed by atoms with Gasteiger partial charge in [-0.15, -0.1) is 11.3 Å². The van der Waals surface area contributed by atoms with Crippen molar-refractivity contribution in [3.05, 3.63) is 17.0 Å². The Morgan fingerprint density at radius 1 is 1.50 bits per heavy atom. The zero-order valence-corrected chi connectivity index (χ0v) is 12.0. The smallest absolute Gasteiger partial charge is 0.261 e. The Morgan fingerprint density at radius 3 is 2.85 bits per heavy atom. The Hall–Kier alpha value is -1.44. The molecule has 2 rings (SSSR count). The highest BCUT2D eigenvalue weighted by molar-refractivity contribution is 7.18. The van der Waals surface area contributed by atoms with E-state index in [9.17, 15) is 9.59 Å². The van der Waals surface area contributed by atoms with Gasteiger partial charge in [-0.3, -0.25) is 9.59 Å². The fourth-order valence-corrected chi connectivity index (χ4v) is 2.51. The molecule has 20 heavy (non-hydrogen) atoms. The Morgan fingerprint density at radius 2 is 2.25 bits per heavy atom. The van der Waals surface area contributed by atoms with Crippen LogP contribution >= 0.6 is 11.3 Å². The summed E-state index contributed by atoms with van der Waals surface area (Å²) in [7, 11) is 1.51. The van der Waals surface area contributed by atoms with E-state index in [1.807, 2.05) is 0 Å². The van der Waals surface area contributed by atoms with Crippen LogP contribution in [0.5, 0.6) is 0 Å². The summed E-state index contributed by atoms with van der Waals surface area (Å²) < 4.78 is 4.89. The number of hydrogen-bond acceptors (Lipinski definition) is 5. The van der Waals surface area contributed by atoms with Crippen molar-refractivity contribution in [2.45, 2.75) is 18.9 Å². The van der Waals surface area contributed by atoms with Crippen LogP contribution in [-0.2, 0) is 9.53 Å². The molecule has 7 heteroatoms. The molecule has 1 saturated carbocycles. The average molecular weight is 298 g/mol. The summed E-state index contributed by atoms with van der Waals surface area (Å²) in [5, 5.41) is 15.2. The van der Waals surface area contributed by atoms with Gasteiger partial charge >= 0.3 is 0 Å². The highest BCUT2D eigenvalue weighted by Crippen LogP contribution is 2.31. The maximum atomic E-state index is 12.0. The van der Waals surface area contributed by atoms with E-state index in [-0.39, 0.29) is 30.9 Å². The fraction of sp³-hybridized carbons (Fsp3) is 0.538. The number of rotatable bonds is 7. The van der Waals surface area contributed by atoms with Gasteiger partial charge in [0.25, 0.3) is 5.91 Å². The topological polar surface area (TPSA) is 87.7 Å². The first kappa shape index (κ1) is 15.0. The molecule has 2 amide bonds. The minimum atomic E-state index is -0.431. The summed E-state index contributed by atoms with van der Waals surface area (Å²) in [6.07, 6.45) is 1.89. The molecule has 1 aromatic rings. The van der Waals surface area contributed by atoms with E-state index in [0.717, 1.165) is 12.8 Å². The van der Waals surface area contributed by atoms with Crippen molar-refractivity contribution >= 4 is 28.2 Å². The van der Waals surface area contributed by atoms with Crippen LogP contribution in [0.4, 0.5) is 5.00 Å². The molecule has 1 aliphatic rings. The lowest BCUT2D eigenvalue weighted by Gasteiger charge is -2.14. The predicted octanol–water partition coefficient (Wildman–Crippen LogP) is 0.834. The van der Waals surface area contributed by atoms with Crippen LogP contribution in [0, 0.1) is 5.92 Å². The van der Waals surface area contributed by atoms with Gasteiger partial charge < -0.3 is 20.5 Å². The Bertz CT molecular complexity index is 484. The molecule has 1 heterocycles. The van der Waals surface area contributed by atoms with Gasteiger partial charge in [0.15, 0.2) is 0 Å². The maximum absolute atomic E-state index is 12.0. The summed E-state index contributed by atoms with van der Waals surface area (Å²) >= 11 is 1.22. The molecule has 1 aromatic heterocycles. The third-order valence-electron chi connectivity index (χ3n) is 2.95. The molecule has 110 valence electrons. The standard InChI is InChI=1S/C13H18N2O4S/c1-19-7-9(6-16)14-13(18)10-4-5-11(20-10)15-12(17)8-2-3-8/h4-5,8-9,16H,2-3,6-7H2,1H3,(H,14,18)(H,15,17). The van der Waals surface area contributed by atoms with E-state index in [2.05, 4.69) is 10.6 Å². The molecule has 0 saturated heterocycles. The first-order valence-corrected chi connectivity index (χ1v) is 7.27. The molecule has 6 nitrogen and oxygen atoms in total. The number of aliphatic hydroxyl groups excluding tert-OH is 1. The van der Waals surface area contributed by atoms with E-state index in [1.165, 1.54) is 18.4 Å². The third-order valence-corrected chi connectivity index (χ3v) is 3.95. The van der Waals surface area contributed by atoms with Crippen molar-refractivity contribution in [3.63, 3.8) is 0 Å². The Kier molecular flexibility index (Phi) is 5.11. The zero-order valence-electron chi connectivity index (χ0n) is 11.2. The van der Waals surface area contributed by atoms with Crippen molar-refractivity contribution in [3.8, 4) is 0 Å². The Labute approximate surface area is 121 Å². The van der Waals surface area contributed by atoms with Gasteiger partial charge in [0.05, 0.1) is 29.1 Å². The van der Waals surface area contributed by atoms with Crippen LogP contribution in [0.25, 0.3) is 0 Å². The monoisotopic (exact) mass is 298 g/mol. The number of amides is 2. The van der Waals surface area contributed by atoms with Gasteiger partial charge in [0.1, 0.15) is 0 Å². The van der Waals surface area contributed by atoms with Crippen molar-refractivity contribution in [2.24, 2.45) is 5.92 Å². The molecule has 1 unspecified atom stereocenters. The van der Waals surface area contributed by atoms with E-state index in [4.69, 9.17) is 9.84 Å². The van der Waals surface area contributed by atoms with Crippen LogP contribution in [0.2, 0.25) is 0 Å². The number of aliphatic hydroxyl groups is 1. The van der Waals surface area contributed by atoms with Crippen LogP contribution < -0.4 is 10.6 Å². The van der Waals surface area contributed by atoms with Crippen molar-refractivity contribution in [1.82, 2.24) is 5.32 Å². The Balaban J connectivity index is 1.89. The lowest BCUT2D eigenvalue weighted by atomic mass is 10.3. The van der Waals surface area contributed by atoms with E-state index >= 15 is 0 Å². The molecule has 0 bridgehead atoms. The average Bonchev–Trinajstić information content (AvgIpc) is 3.19. The van der Waals surface area contributed by atoms with Crippen molar-refractivity contribution in [2.75, 3.05) is 25.6 Å². The van der Waals surface area contributed by atoms with Crippen molar-refractivity contribution < 1.29 is 19.4 Å². The number of ether oxygens (including phenoxy) is 1. The number of methoxy groups -OCH3 is 1. The van der Waals surface area contributed by atoms with Crippen LogP contribution in [0.1, 0.15) is 22.5 Å². The lowest BCUT2D eigenvalue weighted by molar-refractivity contribution is -0.117. The SMILES string of the molecule is COCC(CO)NC(=O)c1ccc(NC(=O)C2CC2)s1. The second-order valence-electron chi connectivity index (χ2n) is 4.74. The van der Waals surface area contributed by atoms with E-state index < -0.39 is 6.04 Å². The minimum Gasteiger partial charge on any atom is -0.394 e. The van der Waals surface area contributed by atoms with Crippen LogP contribution in [0.15, 0.2) is 12.1 Å². The molecular weight excluding hydrogens is 280 g/mol. The maximum Gasteiger partial charge on any atom is 0.261 e. The zero-order chi connectivity index (χ0) is 14.5. The van der Waals surface area contributed by atoms with E-state index in [0.29, 0.717) is 9.88 Å². The molecule has 1 fully saturated rings. The number of hydrogen-bond donors (Lipinski definition) is 3. The van der Waals surface area contributed by atoms with Gasteiger partial charge in [0, 0.05) is 13.0 Å². The highest BCUT2D eigenvalue weighted by Gasteiger charge is 2.29. The molecule has 0 aromatic carbocycles. The lowest BCUT2D eigenvalue weighted by Crippen LogP contribution is -2.40. The van der Waals surface area contributed by atoms with Crippen LogP contribution in [-0.4, -0.2) is 43.3 Å². The molecule has 0 spiro atoms. The summed E-state index contributed by atoms with van der Waals surface area (Å²) in [6, 6.07) is 2.94. The third kappa shape index (κ3) is 4.03. The number of nitrogens with one attached hydrogen (secondary N) is 2. The summed E-state index contributed by atoms with van der Waals surface area (Å²) in [6.45, 7) is 0.0646. The predicted molar refractivity (Wildman–Crippen MR) is 75.9 cm³/mol. The molecule has 1 atom stereocenters. The van der Waals surface area contributed by atoms with Gasteiger partial charge in [-0.2, -0.15) is 0 Å². The molecule has 1 aliphatic carbocycles. The summed E-state index contributed by atoms with van der Waals surface area (Å²) in [4.78, 5) is 24.1. The number of carbonyl (C=O) groups is 2. The van der Waals surface area contributed by atoms with Gasteiger partial charge in [-0.25, -0.2) is 0 Å². The largest absolute Gasteiger partial charge is 0.394 e. The second kappa shape index (κ2) is 6.83. The molecular formula is C13H18N2O4S. The highest BCUT2D eigenvalue weighted by atomic mass is 32.1. The first-order chi connectivity index (χ1) is 9.63. The normalized spacial score (nSPS) is 15.7. The molecule has 3 N–H and O–H groups in total. The van der Waals surface area contributed by atoms with Crippen molar-refractivity contribution in [1.29, 1.82) is 0 Å². The summed E-state index contributed by atoms with van der Waals surface area (Å²) in [5.41, 5.74) is 0. The summed E-state index contributed by atoms with van der Waals surface area (Å²) in [5.74, 6) is -0.126. The fourth-order valence-electron chi connectivity index (χ4n) is 1.69. The minimum absolute atomic E-state index is 0.0198. The van der Waals surface area contributed by atoms with Crippen LogP contribution in [0.3, 0.4) is 0 Å². The van der Waals surface area contributed by atoms with Gasteiger partial charge in [-0.05, 0) is 25.0 Å². The molecule has 0 aliphatic heterocycles. The number of thiophene rings is 1. The van der Waals surface area contributed by atoms with Gasteiger partial charge in [0.2, 0.25) is 5.91 Å². The quantitative estimate of drug-likeness (QED) is 0.696.